The Kier molecular flexibility index (Phi) is 4.51. The molecule has 2 N–H and O–H groups in total. The molecule has 2 unspecified atom stereocenters. The Balaban J connectivity index is 1.92. The SMILES string of the molecule is CNC(C)(CC(C)N(CC1CC1)CC1CC1)C(=O)O. The van der Waals surface area contributed by atoms with E-state index >= 15 is 0 Å². The van der Waals surface area contributed by atoms with E-state index in [2.05, 4.69) is 17.1 Å². The summed E-state index contributed by atoms with van der Waals surface area (Å²) in [5, 5.41) is 12.3. The van der Waals surface area contributed by atoms with Gasteiger partial charge in [0.15, 0.2) is 0 Å². The average Bonchev–Trinajstić information content (AvgIpc) is 3.22. The van der Waals surface area contributed by atoms with Crippen molar-refractivity contribution in [2.75, 3.05) is 20.1 Å². The van der Waals surface area contributed by atoms with Crippen LogP contribution in [0, 0.1) is 11.8 Å². The van der Waals surface area contributed by atoms with Gasteiger partial charge < -0.3 is 15.3 Å². The maximum atomic E-state index is 11.4. The van der Waals surface area contributed by atoms with Crippen molar-refractivity contribution < 1.29 is 9.90 Å². The first-order chi connectivity index (χ1) is 8.94. The van der Waals surface area contributed by atoms with Crippen LogP contribution in [0.4, 0.5) is 0 Å². The highest BCUT2D eigenvalue weighted by atomic mass is 16.4. The summed E-state index contributed by atoms with van der Waals surface area (Å²) in [4.78, 5) is 13.9. The van der Waals surface area contributed by atoms with E-state index in [1.807, 2.05) is 0 Å². The lowest BCUT2D eigenvalue weighted by Gasteiger charge is -2.35. The van der Waals surface area contributed by atoms with Crippen molar-refractivity contribution in [2.45, 2.75) is 57.5 Å². The van der Waals surface area contributed by atoms with Gasteiger partial charge in [-0.1, -0.05) is 0 Å². The summed E-state index contributed by atoms with van der Waals surface area (Å²) in [6, 6.07) is 0.328. The van der Waals surface area contributed by atoms with Gasteiger partial charge in [0.1, 0.15) is 5.54 Å². The smallest absolute Gasteiger partial charge is 0.323 e. The zero-order valence-electron chi connectivity index (χ0n) is 12.5. The summed E-state index contributed by atoms with van der Waals surface area (Å²) >= 11 is 0. The molecule has 19 heavy (non-hydrogen) atoms. The third-order valence-corrected chi connectivity index (χ3v) is 4.73. The fraction of sp³-hybridized carbons (Fsp3) is 0.933. The van der Waals surface area contributed by atoms with Gasteiger partial charge >= 0.3 is 5.97 Å². The second-order valence-corrected chi connectivity index (χ2v) is 6.78. The predicted molar refractivity (Wildman–Crippen MR) is 76.2 cm³/mol. The molecule has 0 aliphatic heterocycles. The van der Waals surface area contributed by atoms with Crippen molar-refractivity contribution in [1.29, 1.82) is 0 Å². The maximum absolute atomic E-state index is 11.4. The molecule has 0 aromatic rings. The van der Waals surface area contributed by atoms with Crippen LogP contribution in [0.25, 0.3) is 0 Å². The average molecular weight is 268 g/mol. The van der Waals surface area contributed by atoms with Crippen LogP contribution in [0.1, 0.15) is 46.0 Å². The van der Waals surface area contributed by atoms with Crippen molar-refractivity contribution in [3.63, 3.8) is 0 Å². The molecular formula is C15H28N2O2. The summed E-state index contributed by atoms with van der Waals surface area (Å²) < 4.78 is 0. The largest absolute Gasteiger partial charge is 0.480 e. The Morgan fingerprint density at radius 2 is 1.79 bits per heavy atom. The molecule has 0 aromatic carbocycles. The van der Waals surface area contributed by atoms with E-state index in [0.29, 0.717) is 12.5 Å². The lowest BCUT2D eigenvalue weighted by molar-refractivity contribution is -0.144. The first-order valence-electron chi connectivity index (χ1n) is 7.61. The lowest BCUT2D eigenvalue weighted by Crippen LogP contribution is -2.52. The lowest BCUT2D eigenvalue weighted by atomic mass is 9.93. The first kappa shape index (κ1) is 14.8. The highest BCUT2D eigenvalue weighted by molar-refractivity contribution is 5.78. The van der Waals surface area contributed by atoms with Gasteiger partial charge in [-0.2, -0.15) is 0 Å². The second kappa shape index (κ2) is 5.80. The minimum absolute atomic E-state index is 0.328. The van der Waals surface area contributed by atoms with Crippen LogP contribution in [0.3, 0.4) is 0 Å². The maximum Gasteiger partial charge on any atom is 0.323 e. The van der Waals surface area contributed by atoms with E-state index in [1.54, 1.807) is 14.0 Å². The van der Waals surface area contributed by atoms with Gasteiger partial charge in [-0.25, -0.2) is 0 Å². The molecule has 4 nitrogen and oxygen atoms in total. The fourth-order valence-corrected chi connectivity index (χ4v) is 2.71. The molecule has 2 aliphatic rings. The van der Waals surface area contributed by atoms with Crippen LogP contribution < -0.4 is 5.32 Å². The molecule has 2 aliphatic carbocycles. The number of aliphatic carboxylic acids is 1. The fourth-order valence-electron chi connectivity index (χ4n) is 2.71. The summed E-state index contributed by atoms with van der Waals surface area (Å²) in [7, 11) is 1.74. The molecule has 0 aromatic heterocycles. The Hall–Kier alpha value is -0.610. The van der Waals surface area contributed by atoms with Crippen molar-refractivity contribution in [3.8, 4) is 0 Å². The molecule has 2 rings (SSSR count). The normalized spacial score (nSPS) is 24.2. The first-order valence-corrected chi connectivity index (χ1v) is 7.61. The quantitative estimate of drug-likeness (QED) is 0.671. The van der Waals surface area contributed by atoms with Crippen LogP contribution in [-0.4, -0.2) is 47.7 Å². The van der Waals surface area contributed by atoms with E-state index in [0.717, 1.165) is 24.9 Å². The molecule has 110 valence electrons. The molecule has 0 saturated heterocycles. The zero-order valence-corrected chi connectivity index (χ0v) is 12.5. The van der Waals surface area contributed by atoms with E-state index < -0.39 is 11.5 Å². The van der Waals surface area contributed by atoms with E-state index in [1.165, 1.54) is 25.7 Å². The second-order valence-electron chi connectivity index (χ2n) is 6.78. The molecule has 0 radical (unpaired) electrons. The summed E-state index contributed by atoms with van der Waals surface area (Å²) in [6.45, 7) is 6.30. The van der Waals surface area contributed by atoms with Crippen LogP contribution in [0.5, 0.6) is 0 Å². The van der Waals surface area contributed by atoms with Gasteiger partial charge in [0.2, 0.25) is 0 Å². The number of hydrogen-bond acceptors (Lipinski definition) is 3. The Labute approximate surface area is 116 Å². The van der Waals surface area contributed by atoms with Crippen LogP contribution in [-0.2, 0) is 4.79 Å². The van der Waals surface area contributed by atoms with Crippen LogP contribution >= 0.6 is 0 Å². The van der Waals surface area contributed by atoms with Gasteiger partial charge in [-0.15, -0.1) is 0 Å². The van der Waals surface area contributed by atoms with Crippen LogP contribution in [0.2, 0.25) is 0 Å². The standard InChI is InChI=1S/C15H28N2O2/c1-11(8-15(2,16-3)14(18)19)17(9-12-4-5-12)10-13-6-7-13/h11-13,16H,4-10H2,1-3H3,(H,18,19). The van der Waals surface area contributed by atoms with E-state index in [9.17, 15) is 9.90 Å². The third kappa shape index (κ3) is 4.18. The monoisotopic (exact) mass is 268 g/mol. The van der Waals surface area contributed by atoms with Gasteiger partial charge in [0.25, 0.3) is 0 Å². The molecule has 0 amide bonds. The van der Waals surface area contributed by atoms with Gasteiger partial charge in [0.05, 0.1) is 0 Å². The van der Waals surface area contributed by atoms with Crippen molar-refractivity contribution >= 4 is 5.97 Å². The minimum Gasteiger partial charge on any atom is -0.480 e. The number of carboxylic acids is 1. The summed E-state index contributed by atoms with van der Waals surface area (Å²) in [6.07, 6.45) is 6.09. The minimum atomic E-state index is -0.815. The number of carbonyl (C=O) groups is 1. The van der Waals surface area contributed by atoms with Crippen molar-refractivity contribution in [3.05, 3.63) is 0 Å². The molecule has 2 fully saturated rings. The molecule has 2 saturated carbocycles. The van der Waals surface area contributed by atoms with E-state index in [4.69, 9.17) is 0 Å². The van der Waals surface area contributed by atoms with Gasteiger partial charge in [-0.3, -0.25) is 4.79 Å². The molecule has 2 atom stereocenters. The summed E-state index contributed by atoms with van der Waals surface area (Å²) in [5.41, 5.74) is -0.815. The highest BCUT2D eigenvalue weighted by Gasteiger charge is 2.37. The highest BCUT2D eigenvalue weighted by Crippen LogP contribution is 2.35. The third-order valence-electron chi connectivity index (χ3n) is 4.73. The summed E-state index contributed by atoms with van der Waals surface area (Å²) in [5.74, 6) is 0.985. The number of likely N-dealkylation sites (N-methyl/N-ethyl adjacent to an activating group) is 1. The zero-order chi connectivity index (χ0) is 14.0. The van der Waals surface area contributed by atoms with Crippen molar-refractivity contribution in [2.24, 2.45) is 11.8 Å². The molecule has 0 heterocycles. The van der Waals surface area contributed by atoms with Crippen molar-refractivity contribution in [1.82, 2.24) is 10.2 Å². The number of rotatable bonds is 9. The Morgan fingerprint density at radius 3 is 2.11 bits per heavy atom. The van der Waals surface area contributed by atoms with Gasteiger partial charge in [0, 0.05) is 19.1 Å². The molecule has 0 bridgehead atoms. The number of carboxylic acid groups (broad SMARTS) is 1. The Morgan fingerprint density at radius 1 is 1.32 bits per heavy atom. The number of hydrogen-bond donors (Lipinski definition) is 2. The number of nitrogens with zero attached hydrogens (tertiary/aromatic N) is 1. The van der Waals surface area contributed by atoms with Gasteiger partial charge in [-0.05, 0) is 64.8 Å². The molecule has 4 heteroatoms. The van der Waals surface area contributed by atoms with E-state index in [-0.39, 0.29) is 0 Å². The number of nitrogens with one attached hydrogen (secondary N) is 1. The van der Waals surface area contributed by atoms with Crippen LogP contribution in [0.15, 0.2) is 0 Å². The topological polar surface area (TPSA) is 52.6 Å². The molecular weight excluding hydrogens is 240 g/mol. The predicted octanol–water partition coefficient (Wildman–Crippen LogP) is 1.95. The molecule has 0 spiro atoms. The Bertz CT molecular complexity index is 312.